The summed E-state index contributed by atoms with van der Waals surface area (Å²) >= 11 is 0. The zero-order valence-corrected chi connectivity index (χ0v) is 67.3. The van der Waals surface area contributed by atoms with Gasteiger partial charge in [0.05, 0.1) is 45.6 Å². The van der Waals surface area contributed by atoms with Gasteiger partial charge in [-0.15, -0.1) is 0 Å². The van der Waals surface area contributed by atoms with Gasteiger partial charge in [0.15, 0.2) is 0 Å². The number of hydrogen-bond donors (Lipinski definition) is 4. The summed E-state index contributed by atoms with van der Waals surface area (Å²) in [6, 6.07) is 50.7. The van der Waals surface area contributed by atoms with Crippen LogP contribution >= 0.6 is 0 Å². The molecule has 0 fully saturated rings. The van der Waals surface area contributed by atoms with Crippen molar-refractivity contribution in [3.63, 3.8) is 0 Å². The van der Waals surface area contributed by atoms with Gasteiger partial charge in [-0.3, -0.25) is 0 Å². The summed E-state index contributed by atoms with van der Waals surface area (Å²) in [5.74, 6) is 0. The summed E-state index contributed by atoms with van der Waals surface area (Å²) in [6.45, 7) is 55.4. The van der Waals surface area contributed by atoms with Crippen molar-refractivity contribution in [3.05, 3.63) is 235 Å². The molecule has 4 aliphatic heterocycles. The molecule has 10 aromatic rings. The van der Waals surface area contributed by atoms with Crippen LogP contribution in [-0.4, -0.2) is 39.9 Å². The molecule has 14 rings (SSSR count). The molecule has 16 bridgehead atoms. The molecule has 0 saturated heterocycles. The minimum absolute atomic E-state index is 0.127. The zero-order valence-electron chi connectivity index (χ0n) is 67.3. The topological polar surface area (TPSA) is 115 Å². The second kappa shape index (κ2) is 25.8. The van der Waals surface area contributed by atoms with Crippen LogP contribution < -0.4 is 0 Å². The molecule has 0 atom stereocenters. The molecular formula is C98H108N8. The number of nitrogens with one attached hydrogen (secondary N) is 4. The van der Waals surface area contributed by atoms with Crippen molar-refractivity contribution in [3.8, 4) is 44.5 Å². The van der Waals surface area contributed by atoms with E-state index in [1.807, 2.05) is 0 Å². The first-order valence-electron chi connectivity index (χ1n) is 38.1. The summed E-state index contributed by atoms with van der Waals surface area (Å²) < 4.78 is 0. The van der Waals surface area contributed by atoms with Gasteiger partial charge in [0.25, 0.3) is 0 Å². The van der Waals surface area contributed by atoms with Crippen LogP contribution in [-0.2, 0) is 43.3 Å². The van der Waals surface area contributed by atoms with Gasteiger partial charge in [-0.1, -0.05) is 239 Å². The monoisotopic (exact) mass is 1400 g/mol. The Bertz CT molecular complexity index is 5140. The van der Waals surface area contributed by atoms with E-state index in [2.05, 4.69) is 380 Å². The van der Waals surface area contributed by atoms with Crippen LogP contribution in [0.15, 0.2) is 133 Å². The number of rotatable bonds is 6. The van der Waals surface area contributed by atoms with E-state index in [9.17, 15) is 0 Å². The Morgan fingerprint density at radius 2 is 0.434 bits per heavy atom. The molecule has 6 aromatic heterocycles. The van der Waals surface area contributed by atoms with Crippen LogP contribution in [0, 0.1) is 0 Å². The Kier molecular flexibility index (Phi) is 17.7. The fraction of sp³-hybridized carbons (Fsp3) is 0.327. The van der Waals surface area contributed by atoms with Crippen molar-refractivity contribution < 1.29 is 0 Å². The van der Waals surface area contributed by atoms with Gasteiger partial charge in [-0.2, -0.15) is 0 Å². The predicted molar refractivity (Wildman–Crippen MR) is 458 cm³/mol. The van der Waals surface area contributed by atoms with Crippen LogP contribution in [0.25, 0.3) is 149 Å². The summed E-state index contributed by atoms with van der Waals surface area (Å²) in [7, 11) is 0. The summed E-state index contributed by atoms with van der Waals surface area (Å²) in [4.78, 5) is 38.8. The molecule has 0 amide bonds. The predicted octanol–water partition coefficient (Wildman–Crippen LogP) is 26.8. The quantitative estimate of drug-likeness (QED) is 0.133. The molecule has 4 aliphatic rings. The average molecular weight is 1400 g/mol. The largest absolute Gasteiger partial charge is 0.355 e. The van der Waals surface area contributed by atoms with Crippen molar-refractivity contribution in [2.75, 3.05) is 0 Å². The Hall–Kier alpha value is -10.2. The van der Waals surface area contributed by atoms with E-state index in [-0.39, 0.29) is 43.3 Å². The lowest BCUT2D eigenvalue weighted by molar-refractivity contribution is 0.568. The molecule has 540 valence electrons. The number of fused-ring (bicyclic) bond motifs is 16. The maximum absolute atomic E-state index is 5.86. The number of hydrogen-bond acceptors (Lipinski definition) is 4. The van der Waals surface area contributed by atoms with Crippen molar-refractivity contribution in [2.24, 2.45) is 0 Å². The van der Waals surface area contributed by atoms with Crippen LogP contribution in [0.2, 0.25) is 0 Å². The van der Waals surface area contributed by atoms with Crippen LogP contribution in [0.3, 0.4) is 0 Å². The first-order valence-corrected chi connectivity index (χ1v) is 38.1. The van der Waals surface area contributed by atoms with E-state index >= 15 is 0 Å². The van der Waals surface area contributed by atoms with Crippen molar-refractivity contribution in [1.29, 1.82) is 0 Å². The normalized spacial score (nSPS) is 13.8. The lowest BCUT2D eigenvalue weighted by Gasteiger charge is -2.26. The van der Waals surface area contributed by atoms with E-state index in [1.54, 1.807) is 0 Å². The Balaban J connectivity index is 1.13. The maximum atomic E-state index is 5.86. The maximum Gasteiger partial charge on any atom is 0.0737 e. The molecule has 4 aromatic carbocycles. The van der Waals surface area contributed by atoms with Gasteiger partial charge in [0.1, 0.15) is 0 Å². The molecule has 0 aliphatic carbocycles. The third-order valence-corrected chi connectivity index (χ3v) is 21.5. The van der Waals surface area contributed by atoms with Gasteiger partial charge in [-0.25, -0.2) is 19.9 Å². The smallest absolute Gasteiger partial charge is 0.0737 e. The Morgan fingerprint density at radius 1 is 0.217 bits per heavy atom. The summed E-state index contributed by atoms with van der Waals surface area (Å²) in [5, 5.41) is 0. The third-order valence-electron chi connectivity index (χ3n) is 21.5. The minimum atomic E-state index is -0.127. The highest BCUT2D eigenvalue weighted by molar-refractivity contribution is 6.00. The van der Waals surface area contributed by atoms with Crippen LogP contribution in [0.4, 0.5) is 0 Å². The number of aromatic amines is 4. The van der Waals surface area contributed by atoms with Crippen molar-refractivity contribution in [2.45, 2.75) is 209 Å². The Labute approximate surface area is 629 Å². The van der Waals surface area contributed by atoms with E-state index < -0.39 is 0 Å². The first kappa shape index (κ1) is 72.8. The molecule has 10 heterocycles. The number of nitrogens with zero attached hydrogens (tertiary/aromatic N) is 4. The lowest BCUT2D eigenvalue weighted by Crippen LogP contribution is -2.16. The molecule has 8 nitrogen and oxygen atoms in total. The van der Waals surface area contributed by atoms with E-state index in [0.717, 1.165) is 145 Å². The van der Waals surface area contributed by atoms with Gasteiger partial charge in [0.2, 0.25) is 0 Å². The summed E-state index contributed by atoms with van der Waals surface area (Å²) in [5.41, 5.74) is 33.8. The van der Waals surface area contributed by atoms with Crippen molar-refractivity contribution >= 4 is 105 Å². The fourth-order valence-corrected chi connectivity index (χ4v) is 14.6. The zero-order chi connectivity index (χ0) is 75.9. The highest BCUT2D eigenvalue weighted by Gasteiger charge is 2.29. The second-order valence-corrected chi connectivity index (χ2v) is 38.3. The minimum Gasteiger partial charge on any atom is -0.355 e. The SMILES string of the molecule is CC(C)(C)c1cc(-c2c3nc(c(/C=C/c4c5nc(c(-c6cc(C(C)(C)C)cc(C(C)(C)C)c6)c6ccc(cc7nc(c(-c8cc(C(C)(C)C)cc(C(C)(C)C)c8)c8ccc4[nH]8)C=C7)[nH]6)C=C5)c4ccc([nH]4)c(-c4cc(C(C)(C)C)cc(C(C)(C)C)c4)c4nc(cc5ccc2[nH]5)C=C4)C=C3)cc(C(C)(C)C)c1. The molecule has 4 N–H and O–H groups in total. The average Bonchev–Trinajstić information content (AvgIpc) is 1.50. The fourth-order valence-electron chi connectivity index (χ4n) is 14.6. The number of aromatic nitrogens is 8. The highest BCUT2D eigenvalue weighted by Crippen LogP contribution is 2.45. The standard InChI is InChI=1S/C98H108N8/c1-91(2,3)61-43-57(44-62(51-61)92(4,5)6)87-79-31-25-69(99-79)55-70-26-32-80(100-70)88(58-45-63(93(7,8)9)52-64(46-58)94(10,11)12)84-40-36-76(104-84)73(75-35-39-83(87)103-75)29-30-74-77-37-41-85(105-77)89(59-47-65(95(13,14)15)53-66(48-59)96(16,17)18)81-33-27-71(101-81)56-72-28-34-82(102-72)90(86-42-38-78(74)106-86)60-49-67(97(19,20)21)54-68(50-60)98(22,23)24/h25-56,99,101,104,106H,1-24H3/b30-29+,69-55?,70-55?,71-56?,72-56?,75-73?,76-73?,77-74?,78-74?,87-79?,87-83?,88-80?,88-84?,89-81?,89-85?,90-82?,90-86?. The first-order chi connectivity index (χ1) is 49.5. The molecule has 0 unspecified atom stereocenters. The van der Waals surface area contributed by atoms with Gasteiger partial charge < -0.3 is 19.9 Å². The number of H-pyrrole nitrogens is 4. The molecule has 0 saturated carbocycles. The highest BCUT2D eigenvalue weighted by atomic mass is 14.8. The molecule has 0 radical (unpaired) electrons. The third kappa shape index (κ3) is 14.7. The van der Waals surface area contributed by atoms with Crippen LogP contribution in [0.1, 0.15) is 267 Å². The van der Waals surface area contributed by atoms with E-state index in [0.29, 0.717) is 0 Å². The lowest BCUT2D eigenvalue weighted by atomic mass is 9.78. The molecular weight excluding hydrogens is 1290 g/mol. The van der Waals surface area contributed by atoms with Gasteiger partial charge >= 0.3 is 0 Å². The molecule has 106 heavy (non-hydrogen) atoms. The van der Waals surface area contributed by atoms with Crippen LogP contribution in [0.5, 0.6) is 0 Å². The van der Waals surface area contributed by atoms with Gasteiger partial charge in [0, 0.05) is 77.5 Å². The molecule has 8 heteroatoms. The van der Waals surface area contributed by atoms with Gasteiger partial charge in [-0.05, 0) is 232 Å². The molecule has 0 spiro atoms. The van der Waals surface area contributed by atoms with E-state index in [1.165, 1.54) is 44.5 Å². The Morgan fingerprint density at radius 3 is 0.698 bits per heavy atom. The second-order valence-electron chi connectivity index (χ2n) is 38.3. The summed E-state index contributed by atoms with van der Waals surface area (Å²) in [6.07, 6.45) is 22.0. The van der Waals surface area contributed by atoms with E-state index in [4.69, 9.17) is 19.9 Å². The van der Waals surface area contributed by atoms with Crippen molar-refractivity contribution in [1.82, 2.24) is 39.9 Å². The number of benzene rings is 4.